The van der Waals surface area contributed by atoms with E-state index in [1.165, 1.54) is 86.3 Å². The molecule has 0 aliphatic heterocycles. The third-order valence-electron chi connectivity index (χ3n) is 9.31. The summed E-state index contributed by atoms with van der Waals surface area (Å²) in [7, 11) is 0. The van der Waals surface area contributed by atoms with Crippen LogP contribution in [-0.4, -0.2) is 9.13 Å². The van der Waals surface area contributed by atoms with E-state index in [0.717, 1.165) is 0 Å². The topological polar surface area (TPSA) is 9.86 Å². The van der Waals surface area contributed by atoms with Gasteiger partial charge in [-0.15, -0.1) is 11.3 Å². The van der Waals surface area contributed by atoms with E-state index in [-0.39, 0.29) is 0 Å². The first-order chi connectivity index (χ1) is 22.3. The number of hydrogen-bond acceptors (Lipinski definition) is 1. The number of hydrogen-bond donors (Lipinski definition) is 0. The Labute approximate surface area is 263 Å². The largest absolute Gasteiger partial charge is 0.309 e. The monoisotopic (exact) mass is 590 g/mol. The number of thiophene rings is 1. The fraction of sp³-hybridized carbons (Fsp3) is 0. The van der Waals surface area contributed by atoms with E-state index < -0.39 is 0 Å². The van der Waals surface area contributed by atoms with Crippen LogP contribution < -0.4 is 0 Å². The predicted molar refractivity (Wildman–Crippen MR) is 193 cm³/mol. The molecule has 0 saturated heterocycles. The molecule has 2 nitrogen and oxygen atoms in total. The van der Waals surface area contributed by atoms with Crippen molar-refractivity contribution in [2.75, 3.05) is 0 Å². The molecule has 0 atom stereocenters. The molecule has 0 aliphatic rings. The van der Waals surface area contributed by atoms with E-state index in [4.69, 9.17) is 0 Å². The zero-order valence-corrected chi connectivity index (χ0v) is 25.1. The van der Waals surface area contributed by atoms with Crippen LogP contribution in [0.3, 0.4) is 0 Å². The lowest BCUT2D eigenvalue weighted by atomic mass is 10.0. The Morgan fingerprint density at radius 1 is 0.311 bits per heavy atom. The second-order valence-corrected chi connectivity index (χ2v) is 12.9. The van der Waals surface area contributed by atoms with Crippen molar-refractivity contribution >= 4 is 75.1 Å². The first-order valence-electron chi connectivity index (χ1n) is 15.4. The van der Waals surface area contributed by atoms with Gasteiger partial charge >= 0.3 is 0 Å². The summed E-state index contributed by atoms with van der Waals surface area (Å²) < 4.78 is 7.46. The van der Waals surface area contributed by atoms with Gasteiger partial charge in [0.15, 0.2) is 0 Å². The van der Waals surface area contributed by atoms with Gasteiger partial charge in [-0.05, 0) is 83.9 Å². The van der Waals surface area contributed by atoms with Gasteiger partial charge in [-0.25, -0.2) is 0 Å². The minimum absolute atomic E-state index is 1.18. The van der Waals surface area contributed by atoms with Crippen LogP contribution in [0.4, 0.5) is 0 Å². The van der Waals surface area contributed by atoms with Crippen LogP contribution in [0.5, 0.6) is 0 Å². The molecule has 0 N–H and O–H groups in total. The summed E-state index contributed by atoms with van der Waals surface area (Å²) in [5, 5.41) is 7.72. The normalized spacial score (nSPS) is 12.0. The highest BCUT2D eigenvalue weighted by molar-refractivity contribution is 7.25. The van der Waals surface area contributed by atoms with Gasteiger partial charge in [0.25, 0.3) is 0 Å². The molecule has 3 aromatic heterocycles. The van der Waals surface area contributed by atoms with Crippen LogP contribution in [0.15, 0.2) is 158 Å². The van der Waals surface area contributed by atoms with Crippen LogP contribution >= 0.6 is 11.3 Å². The Bertz CT molecular complexity index is 2760. The highest BCUT2D eigenvalue weighted by atomic mass is 32.1. The molecule has 3 heteroatoms. The van der Waals surface area contributed by atoms with Crippen LogP contribution in [0, 0.1) is 0 Å². The number of nitrogens with zero attached hydrogens (tertiary/aromatic N) is 2. The maximum Gasteiger partial charge on any atom is 0.0541 e. The van der Waals surface area contributed by atoms with Crippen molar-refractivity contribution < 1.29 is 0 Å². The lowest BCUT2D eigenvalue weighted by Crippen LogP contribution is -1.93. The molecule has 10 aromatic rings. The van der Waals surface area contributed by atoms with E-state index in [9.17, 15) is 0 Å². The summed E-state index contributed by atoms with van der Waals surface area (Å²) in [4.78, 5) is 0. The van der Waals surface area contributed by atoms with Crippen LogP contribution in [0.1, 0.15) is 0 Å². The average Bonchev–Trinajstić information content (AvgIpc) is 3.75. The highest BCUT2D eigenvalue weighted by Gasteiger charge is 2.16. The zero-order chi connectivity index (χ0) is 29.5. The van der Waals surface area contributed by atoms with E-state index >= 15 is 0 Å². The molecular weight excluding hydrogens is 565 g/mol. The molecule has 3 heterocycles. The quantitative estimate of drug-likeness (QED) is 0.194. The Hall–Kier alpha value is -5.64. The molecule has 10 rings (SSSR count). The third kappa shape index (κ3) is 3.62. The minimum atomic E-state index is 1.18. The van der Waals surface area contributed by atoms with Gasteiger partial charge in [-0.2, -0.15) is 0 Å². The first-order valence-corrected chi connectivity index (χ1v) is 16.2. The smallest absolute Gasteiger partial charge is 0.0541 e. The number of rotatable bonds is 3. The van der Waals surface area contributed by atoms with Crippen LogP contribution in [0.2, 0.25) is 0 Å². The van der Waals surface area contributed by atoms with Crippen molar-refractivity contribution in [1.82, 2.24) is 9.13 Å². The molecule has 210 valence electrons. The Morgan fingerprint density at radius 3 is 1.49 bits per heavy atom. The summed E-state index contributed by atoms with van der Waals surface area (Å²) >= 11 is 1.87. The zero-order valence-electron chi connectivity index (χ0n) is 24.3. The molecule has 0 amide bonds. The van der Waals surface area contributed by atoms with E-state index in [1.54, 1.807) is 0 Å². The number of benzene rings is 7. The van der Waals surface area contributed by atoms with E-state index in [2.05, 4.69) is 167 Å². The van der Waals surface area contributed by atoms with Gasteiger partial charge in [0.05, 0.1) is 22.1 Å². The average molecular weight is 591 g/mol. The van der Waals surface area contributed by atoms with Gasteiger partial charge in [0, 0.05) is 53.1 Å². The van der Waals surface area contributed by atoms with Crippen molar-refractivity contribution in [3.63, 3.8) is 0 Å². The van der Waals surface area contributed by atoms with Crippen molar-refractivity contribution in [3.05, 3.63) is 158 Å². The molecule has 0 unspecified atom stereocenters. The second kappa shape index (κ2) is 9.43. The molecule has 0 saturated carbocycles. The summed E-state index contributed by atoms with van der Waals surface area (Å²) in [5.41, 5.74) is 9.72. The number of para-hydroxylation sites is 3. The lowest BCUT2D eigenvalue weighted by Gasteiger charge is -2.10. The summed E-state index contributed by atoms with van der Waals surface area (Å²) in [6, 6.07) is 57.7. The molecule has 45 heavy (non-hydrogen) atoms. The van der Waals surface area contributed by atoms with Gasteiger partial charge in [0.1, 0.15) is 0 Å². The molecule has 0 fully saturated rings. The fourth-order valence-corrected chi connectivity index (χ4v) is 8.38. The Balaban J connectivity index is 1.18. The van der Waals surface area contributed by atoms with E-state index in [1.807, 2.05) is 11.3 Å². The van der Waals surface area contributed by atoms with Gasteiger partial charge in [0.2, 0.25) is 0 Å². The SMILES string of the molecule is c1ccc(-n2c3ccccc3c3cc(-c4ccc5c(c4)c4ccccc4n5-c4ccc5sc6ccccc6c5c4)ccc32)cc1. The molecule has 0 radical (unpaired) electrons. The maximum atomic E-state index is 2.43. The van der Waals surface area contributed by atoms with Crippen LogP contribution in [-0.2, 0) is 0 Å². The fourth-order valence-electron chi connectivity index (χ4n) is 7.29. The molecule has 0 aliphatic carbocycles. The first kappa shape index (κ1) is 24.8. The van der Waals surface area contributed by atoms with E-state index in [0.29, 0.717) is 0 Å². The van der Waals surface area contributed by atoms with Crippen molar-refractivity contribution in [1.29, 1.82) is 0 Å². The van der Waals surface area contributed by atoms with Crippen molar-refractivity contribution in [2.24, 2.45) is 0 Å². The van der Waals surface area contributed by atoms with Crippen molar-refractivity contribution in [2.45, 2.75) is 0 Å². The molecule has 7 aromatic carbocycles. The van der Waals surface area contributed by atoms with Crippen LogP contribution in [0.25, 0.3) is 86.3 Å². The predicted octanol–water partition coefficient (Wildman–Crippen LogP) is 11.9. The summed E-state index contributed by atoms with van der Waals surface area (Å²) in [5.74, 6) is 0. The van der Waals surface area contributed by atoms with Gasteiger partial charge in [-0.1, -0.05) is 84.9 Å². The lowest BCUT2D eigenvalue weighted by molar-refractivity contribution is 1.18. The summed E-state index contributed by atoms with van der Waals surface area (Å²) in [6.07, 6.45) is 0. The molecular formula is C42H26N2S. The maximum absolute atomic E-state index is 2.43. The Kier molecular flexibility index (Phi) is 5.19. The highest BCUT2D eigenvalue weighted by Crippen LogP contribution is 2.40. The standard InChI is InChI=1S/C42H26N2S/c1-2-10-29(11-3-1)43-37-15-7-4-12-31(37)34-24-27(18-21-39(34)43)28-19-22-40-35(25-28)32-13-5-8-16-38(32)44(40)30-20-23-42-36(26-30)33-14-6-9-17-41(33)45-42/h1-26H. The minimum Gasteiger partial charge on any atom is -0.309 e. The van der Waals surface area contributed by atoms with Crippen molar-refractivity contribution in [3.8, 4) is 22.5 Å². The second-order valence-electron chi connectivity index (χ2n) is 11.8. The molecule has 0 bridgehead atoms. The summed E-state index contributed by atoms with van der Waals surface area (Å²) in [6.45, 7) is 0. The molecule has 0 spiro atoms. The Morgan fingerprint density at radius 2 is 0.822 bits per heavy atom. The number of aromatic nitrogens is 2. The third-order valence-corrected chi connectivity index (χ3v) is 10.5. The number of fused-ring (bicyclic) bond motifs is 9. The van der Waals surface area contributed by atoms with Gasteiger partial charge in [-0.3, -0.25) is 0 Å². The van der Waals surface area contributed by atoms with Gasteiger partial charge < -0.3 is 9.13 Å².